The van der Waals surface area contributed by atoms with E-state index in [-0.39, 0.29) is 0 Å². The lowest BCUT2D eigenvalue weighted by Gasteiger charge is -2.22. The fourth-order valence-electron chi connectivity index (χ4n) is 1.72. The molecule has 2 rings (SSSR count). The van der Waals surface area contributed by atoms with Gasteiger partial charge in [-0.15, -0.1) is 11.3 Å². The lowest BCUT2D eigenvalue weighted by Crippen LogP contribution is -2.38. The molecule has 0 aliphatic carbocycles. The summed E-state index contributed by atoms with van der Waals surface area (Å²) in [6.07, 6.45) is 0. The van der Waals surface area contributed by atoms with Crippen molar-refractivity contribution in [1.82, 2.24) is 4.72 Å². The first-order valence-electron chi connectivity index (χ1n) is 5.94. The van der Waals surface area contributed by atoms with Crippen molar-refractivity contribution in [2.45, 2.75) is 17.4 Å². The van der Waals surface area contributed by atoms with E-state index >= 15 is 0 Å². The first kappa shape index (κ1) is 16.0. The molecule has 1 atom stereocenters. The number of sulfonamides is 1. The summed E-state index contributed by atoms with van der Waals surface area (Å²) in [5.74, 6) is -2.36. The van der Waals surface area contributed by atoms with Gasteiger partial charge in [-0.2, -0.15) is 0 Å². The van der Waals surface area contributed by atoms with E-state index in [9.17, 15) is 22.3 Å². The molecule has 4 nitrogen and oxygen atoms in total. The molecule has 114 valence electrons. The topological polar surface area (TPSA) is 66.4 Å². The minimum atomic E-state index is -4.40. The molecule has 0 aliphatic rings. The number of rotatable bonds is 5. The van der Waals surface area contributed by atoms with Crippen LogP contribution in [0.4, 0.5) is 8.78 Å². The van der Waals surface area contributed by atoms with E-state index in [1.165, 1.54) is 18.3 Å². The summed E-state index contributed by atoms with van der Waals surface area (Å²) < 4.78 is 53.1. The van der Waals surface area contributed by atoms with Gasteiger partial charge in [0, 0.05) is 11.4 Å². The highest BCUT2D eigenvalue weighted by molar-refractivity contribution is 7.89. The third-order valence-electron chi connectivity index (χ3n) is 2.85. The van der Waals surface area contributed by atoms with Crippen molar-refractivity contribution < 1.29 is 22.3 Å². The van der Waals surface area contributed by atoms with E-state index in [1.54, 1.807) is 17.5 Å². The van der Waals surface area contributed by atoms with E-state index in [0.717, 1.165) is 18.2 Å². The van der Waals surface area contributed by atoms with E-state index in [4.69, 9.17) is 0 Å². The Morgan fingerprint density at radius 2 is 1.86 bits per heavy atom. The maximum Gasteiger partial charge on any atom is 0.246 e. The van der Waals surface area contributed by atoms with Gasteiger partial charge in [0.2, 0.25) is 10.0 Å². The lowest BCUT2D eigenvalue weighted by molar-refractivity contribution is 0.0665. The fraction of sp³-hybridized carbons (Fsp3) is 0.231. The summed E-state index contributed by atoms with van der Waals surface area (Å²) in [5.41, 5.74) is -1.47. The van der Waals surface area contributed by atoms with Crippen LogP contribution in [0.15, 0.2) is 40.6 Å². The second-order valence-electron chi connectivity index (χ2n) is 4.63. The minimum absolute atomic E-state index is 0.399. The van der Waals surface area contributed by atoms with Gasteiger partial charge in [0.15, 0.2) is 4.90 Å². The molecule has 1 heterocycles. The molecular formula is C13H13F2NO3S2. The molecule has 0 saturated heterocycles. The summed E-state index contributed by atoms with van der Waals surface area (Å²) >= 11 is 1.25. The number of thiophene rings is 1. The van der Waals surface area contributed by atoms with Crippen LogP contribution in [0, 0.1) is 11.6 Å². The van der Waals surface area contributed by atoms with E-state index < -0.39 is 38.7 Å². The van der Waals surface area contributed by atoms with Crippen LogP contribution in [0.1, 0.15) is 11.8 Å². The first-order chi connectivity index (χ1) is 9.74. The number of hydrogen-bond acceptors (Lipinski definition) is 4. The Balaban J connectivity index is 2.23. The largest absolute Gasteiger partial charge is 0.383 e. The number of nitrogens with one attached hydrogen (secondary N) is 1. The average Bonchev–Trinajstić information content (AvgIpc) is 2.91. The van der Waals surface area contributed by atoms with Crippen LogP contribution >= 0.6 is 11.3 Å². The van der Waals surface area contributed by atoms with Gasteiger partial charge in [0.05, 0.1) is 0 Å². The molecular weight excluding hydrogens is 320 g/mol. The van der Waals surface area contributed by atoms with Crippen molar-refractivity contribution in [3.8, 4) is 0 Å². The summed E-state index contributed by atoms with van der Waals surface area (Å²) in [7, 11) is -4.40. The van der Waals surface area contributed by atoms with Crippen molar-refractivity contribution in [2.24, 2.45) is 0 Å². The van der Waals surface area contributed by atoms with Gasteiger partial charge < -0.3 is 5.11 Å². The van der Waals surface area contributed by atoms with E-state index in [1.807, 2.05) is 4.72 Å². The number of hydrogen-bond donors (Lipinski definition) is 2. The maximum atomic E-state index is 13.5. The molecule has 2 N–H and O–H groups in total. The zero-order valence-corrected chi connectivity index (χ0v) is 12.6. The summed E-state index contributed by atoms with van der Waals surface area (Å²) in [4.78, 5) is -0.508. The van der Waals surface area contributed by atoms with Crippen LogP contribution in [0.5, 0.6) is 0 Å². The standard InChI is InChI=1S/C13H13F2NO3S2/c1-13(17,11-6-3-7-20-11)8-16-21(18,19)12-9(14)4-2-5-10(12)15/h2-7,16-17H,8H2,1H3/t13-/m0/s1. The Labute approximate surface area is 125 Å². The average molecular weight is 333 g/mol. The van der Waals surface area contributed by atoms with Gasteiger partial charge in [-0.3, -0.25) is 0 Å². The zero-order valence-electron chi connectivity index (χ0n) is 11.0. The van der Waals surface area contributed by atoms with Crippen LogP contribution in [0.25, 0.3) is 0 Å². The molecule has 0 aliphatic heterocycles. The second-order valence-corrected chi connectivity index (χ2v) is 7.28. The molecule has 8 heteroatoms. The highest BCUT2D eigenvalue weighted by Gasteiger charge is 2.29. The second kappa shape index (κ2) is 5.80. The molecule has 21 heavy (non-hydrogen) atoms. The Morgan fingerprint density at radius 1 is 1.24 bits per heavy atom. The van der Waals surface area contributed by atoms with Crippen molar-refractivity contribution >= 4 is 21.4 Å². The van der Waals surface area contributed by atoms with Crippen LogP contribution < -0.4 is 4.72 Å². The van der Waals surface area contributed by atoms with Crippen LogP contribution in [-0.4, -0.2) is 20.1 Å². The van der Waals surface area contributed by atoms with Crippen molar-refractivity contribution in [2.75, 3.05) is 6.54 Å². The SMILES string of the molecule is C[C@](O)(CNS(=O)(=O)c1c(F)cccc1F)c1cccs1. The summed E-state index contributed by atoms with van der Waals surface area (Å²) in [6, 6.07) is 6.14. The molecule has 0 amide bonds. The van der Waals surface area contributed by atoms with Crippen molar-refractivity contribution in [1.29, 1.82) is 0 Å². The van der Waals surface area contributed by atoms with Crippen LogP contribution in [-0.2, 0) is 15.6 Å². The fourth-order valence-corrected chi connectivity index (χ4v) is 3.77. The number of halogens is 2. The van der Waals surface area contributed by atoms with Gasteiger partial charge in [-0.1, -0.05) is 12.1 Å². The molecule has 0 unspecified atom stereocenters. The molecule has 0 bridgehead atoms. The molecule has 0 radical (unpaired) electrons. The Morgan fingerprint density at radius 3 is 2.38 bits per heavy atom. The molecule has 0 fully saturated rings. The van der Waals surface area contributed by atoms with Gasteiger partial charge in [-0.05, 0) is 30.5 Å². The highest BCUT2D eigenvalue weighted by Crippen LogP contribution is 2.25. The smallest absolute Gasteiger partial charge is 0.246 e. The maximum absolute atomic E-state index is 13.5. The quantitative estimate of drug-likeness (QED) is 0.882. The van der Waals surface area contributed by atoms with Crippen LogP contribution in [0.2, 0.25) is 0 Å². The Kier molecular flexibility index (Phi) is 4.43. The molecule has 0 saturated carbocycles. The Bertz CT molecular complexity index is 708. The molecule has 0 spiro atoms. The van der Waals surface area contributed by atoms with E-state index in [2.05, 4.69) is 0 Å². The molecule has 1 aromatic heterocycles. The molecule has 1 aromatic carbocycles. The van der Waals surface area contributed by atoms with Gasteiger partial charge in [0.25, 0.3) is 0 Å². The lowest BCUT2D eigenvalue weighted by atomic mass is 10.1. The van der Waals surface area contributed by atoms with Gasteiger partial charge in [-0.25, -0.2) is 21.9 Å². The Hall–Kier alpha value is -1.35. The predicted octanol–water partition coefficient (Wildman–Crippen LogP) is 2.21. The number of benzene rings is 1. The molecule has 2 aromatic rings. The van der Waals surface area contributed by atoms with Crippen LogP contribution in [0.3, 0.4) is 0 Å². The third-order valence-corrected chi connectivity index (χ3v) is 5.42. The monoisotopic (exact) mass is 333 g/mol. The predicted molar refractivity (Wildman–Crippen MR) is 75.4 cm³/mol. The van der Waals surface area contributed by atoms with Gasteiger partial charge in [0.1, 0.15) is 17.2 Å². The summed E-state index contributed by atoms with van der Waals surface area (Å²) in [6.45, 7) is 1.02. The summed E-state index contributed by atoms with van der Waals surface area (Å²) in [5, 5.41) is 12.0. The van der Waals surface area contributed by atoms with Crippen molar-refractivity contribution in [3.63, 3.8) is 0 Å². The first-order valence-corrected chi connectivity index (χ1v) is 8.30. The van der Waals surface area contributed by atoms with Gasteiger partial charge >= 0.3 is 0 Å². The third kappa shape index (κ3) is 3.46. The van der Waals surface area contributed by atoms with Crippen molar-refractivity contribution in [3.05, 3.63) is 52.2 Å². The van der Waals surface area contributed by atoms with E-state index in [0.29, 0.717) is 4.88 Å². The highest BCUT2D eigenvalue weighted by atomic mass is 32.2. The minimum Gasteiger partial charge on any atom is -0.383 e. The normalized spacial score (nSPS) is 14.9. The zero-order chi connectivity index (χ0) is 15.7. The number of aliphatic hydroxyl groups is 1.